The van der Waals surface area contributed by atoms with Crippen LogP contribution < -0.4 is 10.5 Å². The fourth-order valence-corrected chi connectivity index (χ4v) is 4.10. The van der Waals surface area contributed by atoms with Crippen LogP contribution in [0.2, 0.25) is 10.0 Å². The summed E-state index contributed by atoms with van der Waals surface area (Å²) in [6.45, 7) is 2.30. The maximum absolute atomic E-state index is 13.2. The van der Waals surface area contributed by atoms with E-state index in [1.54, 1.807) is 35.4 Å². The zero-order valence-electron chi connectivity index (χ0n) is 15.2. The molecular formula is C22H18Cl2N2O2. The number of amides is 1. The van der Waals surface area contributed by atoms with E-state index in [1.165, 1.54) is 10.6 Å². The van der Waals surface area contributed by atoms with E-state index in [0.717, 1.165) is 23.2 Å². The lowest BCUT2D eigenvalue weighted by molar-refractivity contribution is 0.0980. The highest BCUT2D eigenvalue weighted by atomic mass is 35.5. The second-order valence-electron chi connectivity index (χ2n) is 6.98. The molecule has 3 aromatic rings. The summed E-state index contributed by atoms with van der Waals surface area (Å²) in [6, 6.07) is 16.1. The molecule has 6 heteroatoms. The molecule has 1 aliphatic heterocycles. The quantitative estimate of drug-likeness (QED) is 0.620. The number of anilines is 1. The summed E-state index contributed by atoms with van der Waals surface area (Å²) < 4.78 is 1.50. The van der Waals surface area contributed by atoms with Crippen LogP contribution in [0, 0.1) is 0 Å². The molecule has 1 amide bonds. The summed E-state index contributed by atoms with van der Waals surface area (Å²) in [4.78, 5) is 27.3. The molecule has 28 heavy (non-hydrogen) atoms. The van der Waals surface area contributed by atoms with Crippen molar-refractivity contribution in [3.63, 3.8) is 0 Å². The zero-order chi connectivity index (χ0) is 19.8. The van der Waals surface area contributed by atoms with Gasteiger partial charge in [0.15, 0.2) is 0 Å². The maximum Gasteiger partial charge on any atom is 0.260 e. The normalized spacial score (nSPS) is 15.5. The van der Waals surface area contributed by atoms with E-state index >= 15 is 0 Å². The van der Waals surface area contributed by atoms with Crippen LogP contribution in [0.15, 0.2) is 65.6 Å². The minimum absolute atomic E-state index is 0.0657. The summed E-state index contributed by atoms with van der Waals surface area (Å²) in [6.07, 6.45) is 2.42. The Morgan fingerprint density at radius 2 is 1.89 bits per heavy atom. The first-order valence-electron chi connectivity index (χ1n) is 9.00. The number of para-hydroxylation sites is 1. The van der Waals surface area contributed by atoms with Gasteiger partial charge in [-0.25, -0.2) is 0 Å². The summed E-state index contributed by atoms with van der Waals surface area (Å²) in [5, 5.41) is 1.02. The standard InChI is InChI=1S/C22H18Cl2N2O2/c1-14-10-15-4-2-3-5-20(15)26(14)22(28)17-7-9-21(27)25(13-17)12-16-6-8-18(23)11-19(16)24/h2-9,11,13-14H,10,12H2,1H3/t14-/m0/s1. The van der Waals surface area contributed by atoms with E-state index in [9.17, 15) is 9.59 Å². The molecule has 4 nitrogen and oxygen atoms in total. The molecule has 4 rings (SSSR count). The number of carbonyl (C=O) groups is 1. The highest BCUT2D eigenvalue weighted by molar-refractivity contribution is 6.35. The van der Waals surface area contributed by atoms with Gasteiger partial charge in [0.2, 0.25) is 0 Å². The first-order valence-corrected chi connectivity index (χ1v) is 9.75. The summed E-state index contributed by atoms with van der Waals surface area (Å²) in [5.41, 5.74) is 3.12. The molecule has 0 unspecified atom stereocenters. The van der Waals surface area contributed by atoms with Gasteiger partial charge in [-0.15, -0.1) is 0 Å². The second-order valence-corrected chi connectivity index (χ2v) is 7.82. The van der Waals surface area contributed by atoms with Gasteiger partial charge in [0.25, 0.3) is 11.5 Å². The van der Waals surface area contributed by atoms with E-state index in [-0.39, 0.29) is 24.1 Å². The predicted octanol–water partition coefficient (Wildman–Crippen LogP) is 4.79. The van der Waals surface area contributed by atoms with Crippen molar-refractivity contribution >= 4 is 34.8 Å². The van der Waals surface area contributed by atoms with Gasteiger partial charge >= 0.3 is 0 Å². The Balaban J connectivity index is 1.67. The number of halogens is 2. The van der Waals surface area contributed by atoms with E-state index < -0.39 is 0 Å². The molecule has 142 valence electrons. The Morgan fingerprint density at radius 3 is 2.68 bits per heavy atom. The number of carbonyl (C=O) groups excluding carboxylic acids is 1. The predicted molar refractivity (Wildman–Crippen MR) is 113 cm³/mol. The van der Waals surface area contributed by atoms with Crippen molar-refractivity contribution in [1.82, 2.24) is 4.57 Å². The van der Waals surface area contributed by atoms with Gasteiger partial charge in [-0.2, -0.15) is 0 Å². The third-order valence-corrected chi connectivity index (χ3v) is 5.60. The van der Waals surface area contributed by atoms with Crippen LogP contribution in [0.25, 0.3) is 0 Å². The minimum atomic E-state index is -0.197. The Hall–Kier alpha value is -2.56. The molecule has 1 aliphatic rings. The lowest BCUT2D eigenvalue weighted by Gasteiger charge is -2.23. The zero-order valence-corrected chi connectivity index (χ0v) is 16.7. The molecule has 0 fully saturated rings. The van der Waals surface area contributed by atoms with Gasteiger partial charge in [0.1, 0.15) is 0 Å². The van der Waals surface area contributed by atoms with Crippen molar-refractivity contribution in [2.24, 2.45) is 0 Å². The Bertz CT molecular complexity index is 1120. The van der Waals surface area contributed by atoms with E-state index in [4.69, 9.17) is 23.2 Å². The van der Waals surface area contributed by atoms with E-state index in [0.29, 0.717) is 15.6 Å². The number of nitrogens with zero attached hydrogens (tertiary/aromatic N) is 2. The highest BCUT2D eigenvalue weighted by Gasteiger charge is 2.31. The van der Waals surface area contributed by atoms with Gasteiger partial charge < -0.3 is 9.47 Å². The summed E-state index contributed by atoms with van der Waals surface area (Å²) in [5.74, 6) is -0.117. The maximum atomic E-state index is 13.2. The Labute approximate surface area is 172 Å². The number of rotatable bonds is 3. The van der Waals surface area contributed by atoms with Crippen LogP contribution in [0.4, 0.5) is 5.69 Å². The first-order chi connectivity index (χ1) is 13.4. The largest absolute Gasteiger partial charge is 0.310 e. The number of aromatic nitrogens is 1. The Morgan fingerprint density at radius 1 is 1.11 bits per heavy atom. The molecule has 0 N–H and O–H groups in total. The number of hydrogen-bond donors (Lipinski definition) is 0. The van der Waals surface area contributed by atoms with Gasteiger partial charge in [-0.05, 0) is 48.7 Å². The smallest absolute Gasteiger partial charge is 0.260 e. The number of fused-ring (bicyclic) bond motifs is 1. The lowest BCUT2D eigenvalue weighted by atomic mass is 10.1. The molecule has 2 aromatic carbocycles. The van der Waals surface area contributed by atoms with E-state index in [1.807, 2.05) is 31.2 Å². The van der Waals surface area contributed by atoms with Crippen molar-refractivity contribution in [3.8, 4) is 0 Å². The number of benzene rings is 2. The van der Waals surface area contributed by atoms with E-state index in [2.05, 4.69) is 0 Å². The van der Waals surface area contributed by atoms with Crippen molar-refractivity contribution in [1.29, 1.82) is 0 Å². The van der Waals surface area contributed by atoms with Gasteiger partial charge in [-0.3, -0.25) is 9.59 Å². The van der Waals surface area contributed by atoms with Crippen LogP contribution in [-0.4, -0.2) is 16.5 Å². The molecule has 0 spiro atoms. The topological polar surface area (TPSA) is 42.3 Å². The molecule has 0 saturated heterocycles. The third kappa shape index (κ3) is 3.46. The van der Waals surface area contributed by atoms with Gasteiger partial charge in [0.05, 0.1) is 12.1 Å². The molecule has 2 heterocycles. The van der Waals surface area contributed by atoms with Crippen molar-refractivity contribution < 1.29 is 4.79 Å². The van der Waals surface area contributed by atoms with Crippen LogP contribution in [-0.2, 0) is 13.0 Å². The molecule has 1 atom stereocenters. The van der Waals surface area contributed by atoms with Crippen LogP contribution in [0.1, 0.15) is 28.4 Å². The van der Waals surface area contributed by atoms with Gasteiger partial charge in [-0.1, -0.05) is 47.5 Å². The highest BCUT2D eigenvalue weighted by Crippen LogP contribution is 2.33. The van der Waals surface area contributed by atoms with Crippen LogP contribution >= 0.6 is 23.2 Å². The number of pyridine rings is 1. The van der Waals surface area contributed by atoms with Crippen LogP contribution in [0.5, 0.6) is 0 Å². The molecule has 0 bridgehead atoms. The number of hydrogen-bond acceptors (Lipinski definition) is 2. The molecule has 0 aliphatic carbocycles. The summed E-state index contributed by atoms with van der Waals surface area (Å²) in [7, 11) is 0. The fraction of sp³-hybridized carbons (Fsp3) is 0.182. The Kier molecular flexibility index (Phi) is 5.00. The third-order valence-electron chi connectivity index (χ3n) is 5.01. The van der Waals surface area contributed by atoms with Crippen LogP contribution in [0.3, 0.4) is 0 Å². The van der Waals surface area contributed by atoms with Crippen molar-refractivity contribution in [3.05, 3.63) is 97.9 Å². The molecule has 1 aromatic heterocycles. The molecule has 0 radical (unpaired) electrons. The van der Waals surface area contributed by atoms with Crippen molar-refractivity contribution in [2.75, 3.05) is 4.90 Å². The average molecular weight is 413 g/mol. The summed E-state index contributed by atoms with van der Waals surface area (Å²) >= 11 is 12.2. The second kappa shape index (κ2) is 7.46. The van der Waals surface area contributed by atoms with Gasteiger partial charge in [0, 0.05) is 34.0 Å². The SMILES string of the molecule is C[C@H]1Cc2ccccc2N1C(=O)c1ccc(=O)n(Cc2ccc(Cl)cc2Cl)c1. The molecule has 0 saturated carbocycles. The lowest BCUT2D eigenvalue weighted by Crippen LogP contribution is -2.36. The minimum Gasteiger partial charge on any atom is -0.310 e. The average Bonchev–Trinajstić information content (AvgIpc) is 3.00. The van der Waals surface area contributed by atoms with Crippen molar-refractivity contribution in [2.45, 2.75) is 25.9 Å². The monoisotopic (exact) mass is 412 g/mol. The first kappa shape index (κ1) is 18.8. The molecular weight excluding hydrogens is 395 g/mol. The fourth-order valence-electron chi connectivity index (χ4n) is 3.63.